The second-order valence-corrected chi connectivity index (χ2v) is 9.78. The Bertz CT molecular complexity index is 1540. The van der Waals surface area contributed by atoms with Gasteiger partial charge in [0, 0.05) is 26.2 Å². The van der Waals surface area contributed by atoms with Crippen LogP contribution in [0.3, 0.4) is 0 Å². The number of para-hydroxylation sites is 2. The number of urea groups is 1. The molecule has 0 radical (unpaired) electrons. The van der Waals surface area contributed by atoms with Gasteiger partial charge in [-0.15, -0.1) is 0 Å². The first-order valence-corrected chi connectivity index (χ1v) is 12.9. The van der Waals surface area contributed by atoms with Crippen molar-refractivity contribution in [1.29, 1.82) is 0 Å². The number of hydrogen-bond donors (Lipinski definition) is 0. The second kappa shape index (κ2) is 11.3. The first-order chi connectivity index (χ1) is 18.8. The third-order valence-corrected chi connectivity index (χ3v) is 6.77. The van der Waals surface area contributed by atoms with Gasteiger partial charge in [-0.25, -0.2) is 14.6 Å². The summed E-state index contributed by atoms with van der Waals surface area (Å²) in [7, 11) is 0. The molecule has 1 aliphatic rings. The average Bonchev–Trinajstić information content (AvgIpc) is 2.93. The molecule has 5 rings (SSSR count). The minimum absolute atomic E-state index is 0.0977. The van der Waals surface area contributed by atoms with E-state index < -0.39 is 17.8 Å². The van der Waals surface area contributed by atoms with Crippen LogP contribution in [-0.2, 0) is 16.2 Å². The third kappa shape index (κ3) is 5.54. The first kappa shape index (κ1) is 26.5. The van der Waals surface area contributed by atoms with Crippen LogP contribution in [0.25, 0.3) is 6.08 Å². The Morgan fingerprint density at radius 3 is 1.77 bits per heavy atom. The monoisotopic (exact) mass is 576 g/mol. The largest absolute Gasteiger partial charge is 0.488 e. The van der Waals surface area contributed by atoms with Gasteiger partial charge in [-0.05, 0) is 60.7 Å². The van der Waals surface area contributed by atoms with Crippen LogP contribution in [-0.4, -0.2) is 17.8 Å². The summed E-state index contributed by atoms with van der Waals surface area (Å²) in [5.74, 6) is -1.18. The molecule has 0 aliphatic carbocycles. The molecule has 39 heavy (non-hydrogen) atoms. The molecule has 6 nitrogen and oxygen atoms in total. The van der Waals surface area contributed by atoms with E-state index in [1.807, 2.05) is 0 Å². The van der Waals surface area contributed by atoms with Gasteiger partial charge >= 0.3 is 6.03 Å². The van der Waals surface area contributed by atoms with Gasteiger partial charge in [0.25, 0.3) is 11.8 Å². The summed E-state index contributed by atoms with van der Waals surface area (Å²) in [5, 5.41) is 1.30. The smallest absolute Gasteiger partial charge is 0.343 e. The standard InChI is InChI=1S/C30H19Cl3N2O4/c31-21-13-14-27(39-18-19-11-12-22(32)17-26(19)33)20(15-21)16-25-28(36)34(23-7-3-1-4-8-23)30(38)35(29(25)37)24-9-5-2-6-10-24/h1-17H,18H2. The zero-order valence-corrected chi connectivity index (χ0v) is 22.5. The third-order valence-electron chi connectivity index (χ3n) is 5.95. The normalized spacial score (nSPS) is 13.6. The van der Waals surface area contributed by atoms with E-state index in [1.54, 1.807) is 97.1 Å². The summed E-state index contributed by atoms with van der Waals surface area (Å²) in [4.78, 5) is 42.8. The van der Waals surface area contributed by atoms with Gasteiger partial charge in [0.05, 0.1) is 11.4 Å². The number of halogens is 3. The van der Waals surface area contributed by atoms with Crippen molar-refractivity contribution < 1.29 is 19.1 Å². The lowest BCUT2D eigenvalue weighted by molar-refractivity contribution is -0.121. The number of benzene rings is 4. The molecule has 0 unspecified atom stereocenters. The summed E-state index contributed by atoms with van der Waals surface area (Å²) >= 11 is 18.6. The van der Waals surface area contributed by atoms with Crippen molar-refractivity contribution in [2.75, 3.05) is 9.80 Å². The van der Waals surface area contributed by atoms with E-state index in [2.05, 4.69) is 0 Å². The van der Waals surface area contributed by atoms with Crippen molar-refractivity contribution in [2.24, 2.45) is 0 Å². The van der Waals surface area contributed by atoms with Gasteiger partial charge in [-0.1, -0.05) is 77.3 Å². The first-order valence-electron chi connectivity index (χ1n) is 11.7. The maximum Gasteiger partial charge on any atom is 0.343 e. The van der Waals surface area contributed by atoms with Crippen LogP contribution >= 0.6 is 34.8 Å². The fourth-order valence-corrected chi connectivity index (χ4v) is 4.70. The van der Waals surface area contributed by atoms with Gasteiger partial charge in [-0.2, -0.15) is 0 Å². The van der Waals surface area contributed by atoms with E-state index in [0.29, 0.717) is 43.3 Å². The topological polar surface area (TPSA) is 66.9 Å². The predicted octanol–water partition coefficient (Wildman–Crippen LogP) is 7.81. The maximum absolute atomic E-state index is 13.7. The fraction of sp³-hybridized carbons (Fsp3) is 0.0333. The van der Waals surface area contributed by atoms with Crippen LogP contribution in [0.5, 0.6) is 5.75 Å². The SMILES string of the molecule is O=C1C(=Cc2cc(Cl)ccc2OCc2ccc(Cl)cc2Cl)C(=O)N(c2ccccc2)C(=O)N1c1ccccc1. The molecule has 9 heteroatoms. The van der Waals surface area contributed by atoms with Crippen LogP contribution in [0.1, 0.15) is 11.1 Å². The molecular weight excluding hydrogens is 559 g/mol. The number of barbiturate groups is 1. The molecule has 0 bridgehead atoms. The highest BCUT2D eigenvalue weighted by Crippen LogP contribution is 2.32. The van der Waals surface area contributed by atoms with Gasteiger partial charge in [-0.3, -0.25) is 9.59 Å². The second-order valence-electron chi connectivity index (χ2n) is 8.50. The number of carbonyl (C=O) groups is 3. The summed E-state index contributed by atoms with van der Waals surface area (Å²) in [6.45, 7) is 0.0977. The summed E-state index contributed by atoms with van der Waals surface area (Å²) < 4.78 is 6.01. The molecule has 1 aliphatic heterocycles. The Kier molecular flexibility index (Phi) is 7.70. The van der Waals surface area contributed by atoms with Crippen molar-refractivity contribution in [3.63, 3.8) is 0 Å². The molecule has 0 saturated carbocycles. The minimum atomic E-state index is -0.778. The molecule has 194 valence electrons. The number of amides is 4. The van der Waals surface area contributed by atoms with E-state index in [1.165, 1.54) is 6.08 Å². The van der Waals surface area contributed by atoms with Gasteiger partial charge in [0.1, 0.15) is 17.9 Å². The van der Waals surface area contributed by atoms with Crippen molar-refractivity contribution in [3.05, 3.63) is 129 Å². The van der Waals surface area contributed by atoms with Gasteiger partial charge in [0.2, 0.25) is 0 Å². The molecule has 1 saturated heterocycles. The molecule has 4 aromatic carbocycles. The zero-order chi connectivity index (χ0) is 27.5. The number of nitrogens with zero attached hydrogens (tertiary/aromatic N) is 2. The number of hydrogen-bond acceptors (Lipinski definition) is 4. The summed E-state index contributed by atoms with van der Waals surface area (Å²) in [6, 6.07) is 25.9. The average molecular weight is 578 g/mol. The van der Waals surface area contributed by atoms with Crippen molar-refractivity contribution in [3.8, 4) is 5.75 Å². The molecular formula is C30H19Cl3N2O4. The van der Waals surface area contributed by atoms with Crippen molar-refractivity contribution in [1.82, 2.24) is 0 Å². The van der Waals surface area contributed by atoms with Crippen LogP contribution in [0.4, 0.5) is 16.2 Å². The zero-order valence-electron chi connectivity index (χ0n) is 20.2. The minimum Gasteiger partial charge on any atom is -0.488 e. The van der Waals surface area contributed by atoms with Gasteiger partial charge in [0.15, 0.2) is 0 Å². The van der Waals surface area contributed by atoms with Gasteiger partial charge < -0.3 is 4.74 Å². The van der Waals surface area contributed by atoms with E-state index >= 15 is 0 Å². The van der Waals surface area contributed by atoms with Crippen LogP contribution in [0, 0.1) is 0 Å². The Morgan fingerprint density at radius 2 is 1.21 bits per heavy atom. The highest BCUT2D eigenvalue weighted by Gasteiger charge is 2.43. The molecule has 0 N–H and O–H groups in total. The number of rotatable bonds is 6. The highest BCUT2D eigenvalue weighted by molar-refractivity contribution is 6.46. The Morgan fingerprint density at radius 1 is 0.667 bits per heavy atom. The number of ether oxygens (including phenoxy) is 1. The summed E-state index contributed by atoms with van der Waals surface area (Å²) in [6.07, 6.45) is 1.38. The molecule has 0 aromatic heterocycles. The molecule has 4 amide bonds. The maximum atomic E-state index is 13.7. The number of carbonyl (C=O) groups excluding carboxylic acids is 3. The highest BCUT2D eigenvalue weighted by atomic mass is 35.5. The predicted molar refractivity (Wildman–Crippen MR) is 153 cm³/mol. The Hall–Kier alpha value is -4.10. The van der Waals surface area contributed by atoms with E-state index in [-0.39, 0.29) is 12.2 Å². The number of anilines is 2. The van der Waals surface area contributed by atoms with Crippen molar-refractivity contribution in [2.45, 2.75) is 6.61 Å². The fourth-order valence-electron chi connectivity index (χ4n) is 4.05. The van der Waals surface area contributed by atoms with E-state index in [4.69, 9.17) is 39.5 Å². The quantitative estimate of drug-likeness (QED) is 0.173. The molecule has 1 fully saturated rings. The number of imide groups is 2. The molecule has 0 spiro atoms. The molecule has 4 aromatic rings. The lowest BCUT2D eigenvalue weighted by atomic mass is 10.0. The Balaban J connectivity index is 1.57. The lowest BCUT2D eigenvalue weighted by Gasteiger charge is -2.34. The van der Waals surface area contributed by atoms with Crippen LogP contribution in [0.2, 0.25) is 15.1 Å². The van der Waals surface area contributed by atoms with E-state index in [0.717, 1.165) is 9.80 Å². The van der Waals surface area contributed by atoms with Crippen LogP contribution < -0.4 is 14.5 Å². The summed E-state index contributed by atoms with van der Waals surface area (Å²) in [5.41, 5.74) is 1.48. The molecule has 1 heterocycles. The van der Waals surface area contributed by atoms with Crippen molar-refractivity contribution >= 4 is 70.1 Å². The lowest BCUT2D eigenvalue weighted by Crippen LogP contribution is -2.57. The Labute approximate surface area is 239 Å². The molecule has 0 atom stereocenters. The van der Waals surface area contributed by atoms with E-state index in [9.17, 15) is 14.4 Å². The van der Waals surface area contributed by atoms with Crippen LogP contribution in [0.15, 0.2) is 103 Å².